The molecule has 1 aromatic heterocycles. The van der Waals surface area contributed by atoms with Gasteiger partial charge in [0.25, 0.3) is 0 Å². The van der Waals surface area contributed by atoms with Gasteiger partial charge in [0.05, 0.1) is 0 Å². The average molecular weight is 313 g/mol. The number of halogens is 1. The topological polar surface area (TPSA) is 45.2 Å². The highest BCUT2D eigenvalue weighted by Gasteiger charge is 2.26. The minimum absolute atomic E-state index is 0.0806. The van der Waals surface area contributed by atoms with Gasteiger partial charge in [-0.15, -0.1) is 0 Å². The van der Waals surface area contributed by atoms with Crippen LogP contribution < -0.4 is 5.32 Å². The number of pyridine rings is 1. The number of nitrogens with one attached hydrogen (secondary N) is 1. The molecular formula is C18H20FN3O. The second-order valence-electron chi connectivity index (χ2n) is 5.95. The predicted octanol–water partition coefficient (Wildman–Crippen LogP) is 2.99. The molecule has 1 aromatic carbocycles. The fourth-order valence-corrected chi connectivity index (χ4v) is 2.97. The van der Waals surface area contributed by atoms with Gasteiger partial charge in [0.1, 0.15) is 5.82 Å². The van der Waals surface area contributed by atoms with Crippen molar-refractivity contribution >= 4 is 6.03 Å². The Morgan fingerprint density at radius 1 is 1.30 bits per heavy atom. The van der Waals surface area contributed by atoms with Crippen LogP contribution in [0.25, 0.3) is 0 Å². The zero-order valence-electron chi connectivity index (χ0n) is 12.9. The molecule has 2 aromatic rings. The van der Waals surface area contributed by atoms with Gasteiger partial charge in [0.2, 0.25) is 0 Å². The number of likely N-dealkylation sites (tertiary alicyclic amines) is 1. The standard InChI is InChI=1S/C18H20FN3O/c19-17-5-1-3-15(10-17)12-21-18(23)22-8-6-16(13-22)9-14-4-2-7-20-11-14/h1-5,7,10-11,16H,6,8-9,12-13H2,(H,21,23). The summed E-state index contributed by atoms with van der Waals surface area (Å²) in [5, 5.41) is 2.86. The molecule has 2 heterocycles. The van der Waals surface area contributed by atoms with Gasteiger partial charge < -0.3 is 10.2 Å². The number of urea groups is 1. The summed E-state index contributed by atoms with van der Waals surface area (Å²) in [7, 11) is 0. The normalized spacial score (nSPS) is 17.3. The number of nitrogens with zero attached hydrogens (tertiary/aromatic N) is 2. The van der Waals surface area contributed by atoms with E-state index in [1.807, 2.05) is 17.2 Å². The van der Waals surface area contributed by atoms with Crippen LogP contribution in [-0.2, 0) is 13.0 Å². The van der Waals surface area contributed by atoms with Crippen LogP contribution in [0.2, 0.25) is 0 Å². The monoisotopic (exact) mass is 313 g/mol. The number of benzene rings is 1. The number of aromatic nitrogens is 1. The maximum Gasteiger partial charge on any atom is 0.317 e. The van der Waals surface area contributed by atoms with Crippen molar-refractivity contribution in [1.82, 2.24) is 15.2 Å². The third-order valence-electron chi connectivity index (χ3n) is 4.15. The van der Waals surface area contributed by atoms with E-state index in [1.165, 1.54) is 17.7 Å². The molecule has 23 heavy (non-hydrogen) atoms. The molecule has 1 saturated heterocycles. The van der Waals surface area contributed by atoms with Crippen molar-refractivity contribution in [2.75, 3.05) is 13.1 Å². The maximum absolute atomic E-state index is 13.1. The van der Waals surface area contributed by atoms with Gasteiger partial charge in [-0.1, -0.05) is 18.2 Å². The van der Waals surface area contributed by atoms with Gasteiger partial charge >= 0.3 is 6.03 Å². The predicted molar refractivity (Wildman–Crippen MR) is 86.3 cm³/mol. The van der Waals surface area contributed by atoms with Crippen LogP contribution in [0.5, 0.6) is 0 Å². The highest BCUT2D eigenvalue weighted by atomic mass is 19.1. The SMILES string of the molecule is O=C(NCc1cccc(F)c1)N1CCC(Cc2cccnc2)C1. The van der Waals surface area contributed by atoms with E-state index in [0.717, 1.165) is 31.5 Å². The van der Waals surface area contributed by atoms with Gasteiger partial charge in [-0.2, -0.15) is 0 Å². The smallest absolute Gasteiger partial charge is 0.317 e. The molecule has 1 fully saturated rings. The van der Waals surface area contributed by atoms with Crippen molar-refractivity contribution in [3.8, 4) is 0 Å². The summed E-state index contributed by atoms with van der Waals surface area (Å²) in [6, 6.07) is 10.2. The number of carbonyl (C=O) groups excluding carboxylic acids is 1. The van der Waals surface area contributed by atoms with Gasteiger partial charge in [-0.25, -0.2) is 9.18 Å². The Morgan fingerprint density at radius 2 is 2.17 bits per heavy atom. The van der Waals surface area contributed by atoms with Gasteiger partial charge in [0, 0.05) is 32.0 Å². The molecule has 0 radical (unpaired) electrons. The summed E-state index contributed by atoms with van der Waals surface area (Å²) in [6.07, 6.45) is 5.60. The average Bonchev–Trinajstić information content (AvgIpc) is 3.02. The Labute approximate surface area is 135 Å². The van der Waals surface area contributed by atoms with E-state index in [0.29, 0.717) is 12.5 Å². The second-order valence-corrected chi connectivity index (χ2v) is 5.95. The molecule has 4 nitrogen and oxygen atoms in total. The van der Waals surface area contributed by atoms with Gasteiger partial charge in [-0.05, 0) is 48.1 Å². The number of amides is 2. The molecule has 1 N–H and O–H groups in total. The first-order valence-corrected chi connectivity index (χ1v) is 7.87. The van der Waals surface area contributed by atoms with E-state index >= 15 is 0 Å². The Hall–Kier alpha value is -2.43. The lowest BCUT2D eigenvalue weighted by Gasteiger charge is -2.17. The Bertz CT molecular complexity index is 662. The lowest BCUT2D eigenvalue weighted by atomic mass is 10.0. The van der Waals surface area contributed by atoms with Crippen molar-refractivity contribution in [1.29, 1.82) is 0 Å². The first-order chi connectivity index (χ1) is 11.2. The highest BCUT2D eigenvalue weighted by Crippen LogP contribution is 2.20. The third-order valence-corrected chi connectivity index (χ3v) is 4.15. The number of hydrogen-bond acceptors (Lipinski definition) is 2. The molecule has 5 heteroatoms. The minimum Gasteiger partial charge on any atom is -0.334 e. The highest BCUT2D eigenvalue weighted by molar-refractivity contribution is 5.74. The van der Waals surface area contributed by atoms with E-state index in [4.69, 9.17) is 0 Å². The number of rotatable bonds is 4. The van der Waals surface area contributed by atoms with Gasteiger partial charge in [-0.3, -0.25) is 4.98 Å². The lowest BCUT2D eigenvalue weighted by Crippen LogP contribution is -2.38. The Kier molecular flexibility index (Phi) is 4.86. The molecule has 120 valence electrons. The first-order valence-electron chi connectivity index (χ1n) is 7.87. The van der Waals surface area contributed by atoms with Gasteiger partial charge in [0.15, 0.2) is 0 Å². The van der Waals surface area contributed by atoms with E-state index in [1.54, 1.807) is 18.3 Å². The van der Waals surface area contributed by atoms with E-state index in [2.05, 4.69) is 16.4 Å². The summed E-state index contributed by atoms with van der Waals surface area (Å²) >= 11 is 0. The molecule has 0 saturated carbocycles. The Morgan fingerprint density at radius 3 is 2.96 bits per heavy atom. The molecular weight excluding hydrogens is 293 g/mol. The van der Waals surface area contributed by atoms with E-state index in [9.17, 15) is 9.18 Å². The molecule has 0 aliphatic carbocycles. The van der Waals surface area contributed by atoms with Crippen LogP contribution >= 0.6 is 0 Å². The van der Waals surface area contributed by atoms with Crippen molar-refractivity contribution in [3.63, 3.8) is 0 Å². The summed E-state index contributed by atoms with van der Waals surface area (Å²) in [5.41, 5.74) is 1.98. The molecule has 0 spiro atoms. The van der Waals surface area contributed by atoms with Crippen LogP contribution in [0.4, 0.5) is 9.18 Å². The minimum atomic E-state index is -0.283. The lowest BCUT2D eigenvalue weighted by molar-refractivity contribution is 0.206. The van der Waals surface area contributed by atoms with E-state index in [-0.39, 0.29) is 11.8 Å². The van der Waals surface area contributed by atoms with E-state index < -0.39 is 0 Å². The molecule has 1 aliphatic rings. The fraction of sp³-hybridized carbons (Fsp3) is 0.333. The second kappa shape index (κ2) is 7.22. The molecule has 1 aliphatic heterocycles. The van der Waals surface area contributed by atoms with Crippen molar-refractivity contribution < 1.29 is 9.18 Å². The third kappa shape index (κ3) is 4.28. The largest absolute Gasteiger partial charge is 0.334 e. The van der Waals surface area contributed by atoms with Crippen molar-refractivity contribution in [3.05, 3.63) is 65.7 Å². The quantitative estimate of drug-likeness (QED) is 0.943. The number of hydrogen-bond donors (Lipinski definition) is 1. The molecule has 2 amide bonds. The molecule has 0 bridgehead atoms. The Balaban J connectivity index is 1.47. The zero-order valence-corrected chi connectivity index (χ0v) is 12.9. The summed E-state index contributed by atoms with van der Waals surface area (Å²) in [4.78, 5) is 18.2. The van der Waals surface area contributed by atoms with Crippen molar-refractivity contribution in [2.24, 2.45) is 5.92 Å². The van der Waals surface area contributed by atoms with Crippen LogP contribution in [0.15, 0.2) is 48.8 Å². The molecule has 1 unspecified atom stereocenters. The maximum atomic E-state index is 13.1. The fourth-order valence-electron chi connectivity index (χ4n) is 2.97. The summed E-state index contributed by atoms with van der Waals surface area (Å²) < 4.78 is 13.1. The summed E-state index contributed by atoms with van der Waals surface area (Å²) in [6.45, 7) is 1.87. The first kappa shape index (κ1) is 15.5. The van der Waals surface area contributed by atoms with Crippen LogP contribution in [-0.4, -0.2) is 29.0 Å². The zero-order chi connectivity index (χ0) is 16.1. The number of carbonyl (C=O) groups is 1. The van der Waals surface area contributed by atoms with Crippen molar-refractivity contribution in [2.45, 2.75) is 19.4 Å². The van der Waals surface area contributed by atoms with Crippen LogP contribution in [0, 0.1) is 11.7 Å². The molecule has 1 atom stereocenters. The summed E-state index contributed by atoms with van der Waals surface area (Å²) in [5.74, 6) is 0.188. The van der Waals surface area contributed by atoms with Crippen LogP contribution in [0.1, 0.15) is 17.5 Å². The molecule has 3 rings (SSSR count). The van der Waals surface area contributed by atoms with Crippen LogP contribution in [0.3, 0.4) is 0 Å².